The molecule has 0 aliphatic heterocycles. The Balaban J connectivity index is 5.11. The SMILES string of the molecule is CCOC(=O)CCC(NC(=O)C(NC(=O)OC(C)(C)C)C(C)C)C(=O)OCC. The molecule has 28 heavy (non-hydrogen) atoms. The highest BCUT2D eigenvalue weighted by Gasteiger charge is 2.31. The molecule has 0 spiro atoms. The first-order valence-electron chi connectivity index (χ1n) is 9.53. The fraction of sp³-hybridized carbons (Fsp3) is 0.789. The molecule has 2 unspecified atom stereocenters. The van der Waals surface area contributed by atoms with Gasteiger partial charge in [0, 0.05) is 6.42 Å². The molecule has 0 aromatic carbocycles. The Hall–Kier alpha value is -2.32. The summed E-state index contributed by atoms with van der Waals surface area (Å²) >= 11 is 0. The number of amides is 2. The summed E-state index contributed by atoms with van der Waals surface area (Å²) in [4.78, 5) is 48.4. The minimum atomic E-state index is -1.03. The molecule has 0 aliphatic carbocycles. The molecule has 0 saturated carbocycles. The van der Waals surface area contributed by atoms with Crippen LogP contribution in [0.2, 0.25) is 0 Å². The molecular formula is C19H34N2O7. The molecule has 2 atom stereocenters. The van der Waals surface area contributed by atoms with Gasteiger partial charge in [0.15, 0.2) is 0 Å². The molecule has 0 aromatic heterocycles. The summed E-state index contributed by atoms with van der Waals surface area (Å²) < 4.78 is 15.0. The molecule has 9 nitrogen and oxygen atoms in total. The van der Waals surface area contributed by atoms with Crippen molar-refractivity contribution in [3.8, 4) is 0 Å². The van der Waals surface area contributed by atoms with Crippen LogP contribution in [0.1, 0.15) is 61.3 Å². The molecule has 2 amide bonds. The number of alkyl carbamates (subject to hydrolysis) is 1. The van der Waals surface area contributed by atoms with Gasteiger partial charge in [0.2, 0.25) is 5.91 Å². The number of carbonyl (C=O) groups is 4. The van der Waals surface area contributed by atoms with Crippen LogP contribution in [0.15, 0.2) is 0 Å². The van der Waals surface area contributed by atoms with Gasteiger partial charge < -0.3 is 24.8 Å². The Morgan fingerprint density at radius 2 is 1.50 bits per heavy atom. The third-order valence-electron chi connectivity index (χ3n) is 3.45. The zero-order chi connectivity index (χ0) is 21.9. The van der Waals surface area contributed by atoms with Gasteiger partial charge >= 0.3 is 18.0 Å². The minimum absolute atomic E-state index is 0.0284. The number of nitrogens with one attached hydrogen (secondary N) is 2. The van der Waals surface area contributed by atoms with Crippen molar-refractivity contribution in [2.24, 2.45) is 5.92 Å². The first-order chi connectivity index (χ1) is 12.9. The van der Waals surface area contributed by atoms with Crippen molar-refractivity contribution < 1.29 is 33.4 Å². The molecule has 9 heteroatoms. The molecule has 0 bridgehead atoms. The molecule has 0 fully saturated rings. The van der Waals surface area contributed by atoms with Crippen molar-refractivity contribution in [1.82, 2.24) is 10.6 Å². The van der Waals surface area contributed by atoms with E-state index in [1.807, 2.05) is 0 Å². The van der Waals surface area contributed by atoms with E-state index in [1.165, 1.54) is 0 Å². The lowest BCUT2D eigenvalue weighted by Crippen LogP contribution is -2.54. The fourth-order valence-corrected chi connectivity index (χ4v) is 2.22. The maximum Gasteiger partial charge on any atom is 0.408 e. The third kappa shape index (κ3) is 10.7. The fourth-order valence-electron chi connectivity index (χ4n) is 2.22. The van der Waals surface area contributed by atoms with Crippen molar-refractivity contribution >= 4 is 23.9 Å². The summed E-state index contributed by atoms with van der Waals surface area (Å²) in [5, 5.41) is 5.07. The van der Waals surface area contributed by atoms with Gasteiger partial charge in [-0.25, -0.2) is 9.59 Å². The summed E-state index contributed by atoms with van der Waals surface area (Å²) in [7, 11) is 0. The molecule has 0 radical (unpaired) electrons. The van der Waals surface area contributed by atoms with E-state index < -0.39 is 41.6 Å². The average Bonchev–Trinajstić information content (AvgIpc) is 2.54. The Morgan fingerprint density at radius 3 is 1.96 bits per heavy atom. The zero-order valence-electron chi connectivity index (χ0n) is 17.9. The summed E-state index contributed by atoms with van der Waals surface area (Å²) in [6.45, 7) is 12.3. The van der Waals surface area contributed by atoms with Crippen LogP contribution in [-0.4, -0.2) is 54.8 Å². The maximum atomic E-state index is 12.7. The number of hydrogen-bond donors (Lipinski definition) is 2. The van der Waals surface area contributed by atoms with Crippen LogP contribution in [0.4, 0.5) is 4.79 Å². The van der Waals surface area contributed by atoms with Crippen LogP contribution in [0.5, 0.6) is 0 Å². The molecule has 2 N–H and O–H groups in total. The van der Waals surface area contributed by atoms with E-state index >= 15 is 0 Å². The van der Waals surface area contributed by atoms with Gasteiger partial charge in [0.25, 0.3) is 0 Å². The van der Waals surface area contributed by atoms with Gasteiger partial charge in [0.05, 0.1) is 13.2 Å². The van der Waals surface area contributed by atoms with E-state index in [1.54, 1.807) is 48.5 Å². The Kier molecular flexibility index (Phi) is 11.2. The van der Waals surface area contributed by atoms with E-state index in [0.29, 0.717) is 0 Å². The molecule has 0 heterocycles. The third-order valence-corrected chi connectivity index (χ3v) is 3.45. The standard InChI is InChI=1S/C19H34N2O7/c1-8-26-14(22)11-10-13(17(24)27-9-2)20-16(23)15(12(3)4)21-18(25)28-19(5,6)7/h12-13,15H,8-11H2,1-7H3,(H,20,23)(H,21,25). The lowest BCUT2D eigenvalue weighted by molar-refractivity contribution is -0.149. The van der Waals surface area contributed by atoms with Gasteiger partial charge in [-0.2, -0.15) is 0 Å². The largest absolute Gasteiger partial charge is 0.466 e. The van der Waals surface area contributed by atoms with Crippen LogP contribution in [0, 0.1) is 5.92 Å². The van der Waals surface area contributed by atoms with Gasteiger partial charge in [-0.1, -0.05) is 13.8 Å². The predicted molar refractivity (Wildman–Crippen MR) is 102 cm³/mol. The van der Waals surface area contributed by atoms with Gasteiger partial charge in [-0.3, -0.25) is 9.59 Å². The molecular weight excluding hydrogens is 368 g/mol. The Morgan fingerprint density at radius 1 is 0.929 bits per heavy atom. The normalized spacial score (nSPS) is 13.3. The smallest absolute Gasteiger partial charge is 0.408 e. The van der Waals surface area contributed by atoms with Crippen LogP contribution in [0.25, 0.3) is 0 Å². The molecule has 162 valence electrons. The van der Waals surface area contributed by atoms with Gasteiger partial charge in [0.1, 0.15) is 17.7 Å². The number of esters is 2. The lowest BCUT2D eigenvalue weighted by atomic mass is 10.0. The second-order valence-electron chi connectivity index (χ2n) is 7.52. The van der Waals surface area contributed by atoms with Crippen LogP contribution < -0.4 is 10.6 Å². The Bertz CT molecular complexity index is 541. The average molecular weight is 402 g/mol. The van der Waals surface area contributed by atoms with Crippen LogP contribution >= 0.6 is 0 Å². The van der Waals surface area contributed by atoms with Crippen LogP contribution in [-0.2, 0) is 28.6 Å². The monoisotopic (exact) mass is 402 g/mol. The highest BCUT2D eigenvalue weighted by atomic mass is 16.6. The van der Waals surface area contributed by atoms with E-state index in [-0.39, 0.29) is 32.0 Å². The first kappa shape index (κ1) is 25.7. The maximum absolute atomic E-state index is 12.7. The molecule has 0 aromatic rings. The van der Waals surface area contributed by atoms with E-state index in [2.05, 4.69) is 10.6 Å². The minimum Gasteiger partial charge on any atom is -0.466 e. The zero-order valence-corrected chi connectivity index (χ0v) is 17.9. The van der Waals surface area contributed by atoms with E-state index in [0.717, 1.165) is 0 Å². The number of ether oxygens (including phenoxy) is 3. The quantitative estimate of drug-likeness (QED) is 0.423. The van der Waals surface area contributed by atoms with E-state index in [4.69, 9.17) is 14.2 Å². The highest BCUT2D eigenvalue weighted by molar-refractivity contribution is 5.90. The van der Waals surface area contributed by atoms with Crippen molar-refractivity contribution in [1.29, 1.82) is 0 Å². The van der Waals surface area contributed by atoms with Gasteiger partial charge in [-0.15, -0.1) is 0 Å². The molecule has 0 aliphatic rings. The predicted octanol–water partition coefficient (Wildman–Crippen LogP) is 1.93. The summed E-state index contributed by atoms with van der Waals surface area (Å²) in [5.41, 5.74) is -0.713. The van der Waals surface area contributed by atoms with Crippen molar-refractivity contribution in [2.45, 2.75) is 79.0 Å². The molecule has 0 rings (SSSR count). The Labute approximate surface area is 166 Å². The number of carbonyl (C=O) groups excluding carboxylic acids is 4. The van der Waals surface area contributed by atoms with Crippen LogP contribution in [0.3, 0.4) is 0 Å². The summed E-state index contributed by atoms with van der Waals surface area (Å²) in [6.07, 6.45) is -0.759. The van der Waals surface area contributed by atoms with Crippen molar-refractivity contribution in [3.05, 3.63) is 0 Å². The number of rotatable bonds is 10. The highest BCUT2D eigenvalue weighted by Crippen LogP contribution is 2.10. The summed E-state index contributed by atoms with van der Waals surface area (Å²) in [5.74, 6) is -1.96. The van der Waals surface area contributed by atoms with Crippen molar-refractivity contribution in [2.75, 3.05) is 13.2 Å². The number of hydrogen-bond acceptors (Lipinski definition) is 7. The van der Waals surface area contributed by atoms with E-state index in [9.17, 15) is 19.2 Å². The van der Waals surface area contributed by atoms with Crippen molar-refractivity contribution in [3.63, 3.8) is 0 Å². The van der Waals surface area contributed by atoms with Gasteiger partial charge in [-0.05, 0) is 47.0 Å². The topological polar surface area (TPSA) is 120 Å². The first-order valence-corrected chi connectivity index (χ1v) is 9.53. The molecule has 0 saturated heterocycles. The lowest BCUT2D eigenvalue weighted by Gasteiger charge is -2.26. The second kappa shape index (κ2) is 12.2. The summed E-state index contributed by atoms with van der Waals surface area (Å²) in [6, 6.07) is -1.95. The second-order valence-corrected chi connectivity index (χ2v) is 7.52.